The van der Waals surface area contributed by atoms with Crippen LogP contribution in [-0.4, -0.2) is 55.2 Å². The van der Waals surface area contributed by atoms with Gasteiger partial charge in [0.25, 0.3) is 0 Å². The highest BCUT2D eigenvalue weighted by atomic mass is 16.6. The lowest BCUT2D eigenvalue weighted by atomic mass is 10.2. The molecule has 1 fully saturated rings. The number of amides is 1. The molecule has 0 aromatic heterocycles. The molecule has 0 spiro atoms. The van der Waals surface area contributed by atoms with Crippen molar-refractivity contribution < 1.29 is 9.53 Å². The smallest absolute Gasteiger partial charge is 0.410 e. The van der Waals surface area contributed by atoms with Crippen molar-refractivity contribution >= 4 is 6.09 Å². The summed E-state index contributed by atoms with van der Waals surface area (Å²) in [5.74, 6) is 0. The number of nitrogens with zero attached hydrogens (tertiary/aromatic N) is 2. The van der Waals surface area contributed by atoms with Crippen LogP contribution in [0.4, 0.5) is 4.79 Å². The summed E-state index contributed by atoms with van der Waals surface area (Å²) in [5.41, 5.74) is 0.852. The molecule has 1 aliphatic heterocycles. The van der Waals surface area contributed by atoms with Crippen LogP contribution in [0.3, 0.4) is 0 Å². The van der Waals surface area contributed by atoms with Crippen molar-refractivity contribution in [2.75, 3.05) is 39.3 Å². The first-order chi connectivity index (χ1) is 8.71. The molecular weight excluding hydrogens is 228 g/mol. The van der Waals surface area contributed by atoms with Crippen LogP contribution in [0, 0.1) is 0 Å². The standard InChI is InChI=1S/C14H22N2O2/c1-4-7-13(5-2)12-18-14(17)16-10-8-15(6-3)9-11-16/h4-5,7H,1-2,6,8-12H2,3H3/b13-7+. The van der Waals surface area contributed by atoms with Gasteiger partial charge in [0.2, 0.25) is 0 Å². The summed E-state index contributed by atoms with van der Waals surface area (Å²) in [4.78, 5) is 15.9. The summed E-state index contributed by atoms with van der Waals surface area (Å²) >= 11 is 0. The predicted molar refractivity (Wildman–Crippen MR) is 73.5 cm³/mol. The zero-order valence-corrected chi connectivity index (χ0v) is 11.1. The van der Waals surface area contributed by atoms with Crippen LogP contribution in [-0.2, 0) is 4.74 Å². The van der Waals surface area contributed by atoms with Gasteiger partial charge in [0, 0.05) is 26.2 Å². The van der Waals surface area contributed by atoms with Crippen molar-refractivity contribution in [3.05, 3.63) is 37.0 Å². The van der Waals surface area contributed by atoms with Crippen LogP contribution < -0.4 is 0 Å². The van der Waals surface area contributed by atoms with Gasteiger partial charge < -0.3 is 14.5 Å². The maximum atomic E-state index is 11.8. The topological polar surface area (TPSA) is 32.8 Å². The van der Waals surface area contributed by atoms with Gasteiger partial charge in [-0.3, -0.25) is 0 Å². The van der Waals surface area contributed by atoms with Gasteiger partial charge in [-0.1, -0.05) is 38.3 Å². The second-order valence-electron chi connectivity index (χ2n) is 4.16. The zero-order valence-electron chi connectivity index (χ0n) is 11.1. The Kier molecular flexibility index (Phi) is 6.22. The number of allylic oxidation sites excluding steroid dienone is 2. The Hall–Kier alpha value is -1.55. The molecule has 1 heterocycles. The molecule has 0 aromatic rings. The molecule has 0 bridgehead atoms. The van der Waals surface area contributed by atoms with Gasteiger partial charge >= 0.3 is 6.09 Å². The van der Waals surface area contributed by atoms with E-state index in [2.05, 4.69) is 25.0 Å². The fourth-order valence-electron chi connectivity index (χ4n) is 1.81. The van der Waals surface area contributed by atoms with Crippen LogP contribution in [0.5, 0.6) is 0 Å². The minimum Gasteiger partial charge on any atom is -0.445 e. The summed E-state index contributed by atoms with van der Waals surface area (Å²) in [6.45, 7) is 14.0. The maximum absolute atomic E-state index is 11.8. The van der Waals surface area contributed by atoms with Crippen LogP contribution in [0.2, 0.25) is 0 Å². The molecular formula is C14H22N2O2. The quantitative estimate of drug-likeness (QED) is 0.700. The molecule has 1 aliphatic rings. The van der Waals surface area contributed by atoms with E-state index in [9.17, 15) is 4.79 Å². The third-order valence-electron chi connectivity index (χ3n) is 3.03. The Morgan fingerprint density at radius 1 is 1.28 bits per heavy atom. The second kappa shape index (κ2) is 7.71. The van der Waals surface area contributed by atoms with Crippen molar-refractivity contribution in [3.8, 4) is 0 Å². The van der Waals surface area contributed by atoms with E-state index in [0.29, 0.717) is 0 Å². The second-order valence-corrected chi connectivity index (χ2v) is 4.16. The number of hydrogen-bond donors (Lipinski definition) is 0. The molecule has 4 nitrogen and oxygen atoms in total. The van der Waals surface area contributed by atoms with E-state index in [-0.39, 0.29) is 12.7 Å². The predicted octanol–water partition coefficient (Wildman–Crippen LogP) is 2.06. The molecule has 0 radical (unpaired) electrons. The monoisotopic (exact) mass is 250 g/mol. The van der Waals surface area contributed by atoms with Gasteiger partial charge in [0.05, 0.1) is 0 Å². The van der Waals surface area contributed by atoms with E-state index in [4.69, 9.17) is 4.74 Å². The van der Waals surface area contributed by atoms with E-state index in [0.717, 1.165) is 38.3 Å². The lowest BCUT2D eigenvalue weighted by molar-refractivity contribution is 0.0837. The summed E-state index contributed by atoms with van der Waals surface area (Å²) in [7, 11) is 0. The normalized spacial score (nSPS) is 17.4. The zero-order chi connectivity index (χ0) is 13.4. The Morgan fingerprint density at radius 3 is 2.44 bits per heavy atom. The molecule has 1 rings (SSSR count). The van der Waals surface area contributed by atoms with E-state index in [1.165, 1.54) is 0 Å². The highest BCUT2D eigenvalue weighted by molar-refractivity contribution is 5.68. The lowest BCUT2D eigenvalue weighted by Gasteiger charge is -2.33. The minimum absolute atomic E-state index is 0.248. The molecule has 0 unspecified atom stereocenters. The van der Waals surface area contributed by atoms with E-state index >= 15 is 0 Å². The number of rotatable bonds is 5. The molecule has 4 heteroatoms. The van der Waals surface area contributed by atoms with E-state index in [1.54, 1.807) is 23.1 Å². The average Bonchev–Trinajstić information content (AvgIpc) is 2.43. The first-order valence-corrected chi connectivity index (χ1v) is 6.29. The molecule has 1 saturated heterocycles. The highest BCUT2D eigenvalue weighted by Crippen LogP contribution is 2.05. The number of carbonyl (C=O) groups is 1. The first-order valence-electron chi connectivity index (χ1n) is 6.29. The summed E-state index contributed by atoms with van der Waals surface area (Å²) < 4.78 is 5.24. The molecule has 0 N–H and O–H groups in total. The third-order valence-corrected chi connectivity index (χ3v) is 3.03. The molecule has 100 valence electrons. The Labute approximate surface area is 109 Å². The largest absolute Gasteiger partial charge is 0.445 e. The highest BCUT2D eigenvalue weighted by Gasteiger charge is 2.20. The Morgan fingerprint density at radius 2 is 1.94 bits per heavy atom. The lowest BCUT2D eigenvalue weighted by Crippen LogP contribution is -2.48. The van der Waals surface area contributed by atoms with Crippen molar-refractivity contribution in [1.29, 1.82) is 0 Å². The SMILES string of the molecule is C=C/C=C(\C=C)COC(=O)N1CCN(CC)CC1. The Bertz CT molecular complexity index is 329. The van der Waals surface area contributed by atoms with Crippen molar-refractivity contribution in [3.63, 3.8) is 0 Å². The molecule has 0 atom stereocenters. The minimum atomic E-state index is -0.248. The molecule has 0 aromatic carbocycles. The summed E-state index contributed by atoms with van der Waals surface area (Å²) in [5, 5.41) is 0. The van der Waals surface area contributed by atoms with Crippen LogP contribution in [0.1, 0.15) is 6.92 Å². The number of piperazine rings is 1. The van der Waals surface area contributed by atoms with E-state index < -0.39 is 0 Å². The summed E-state index contributed by atoms with van der Waals surface area (Å²) in [6, 6.07) is 0. The number of likely N-dealkylation sites (N-methyl/N-ethyl adjacent to an activating group) is 1. The molecule has 0 aliphatic carbocycles. The maximum Gasteiger partial charge on any atom is 0.410 e. The van der Waals surface area contributed by atoms with Gasteiger partial charge in [-0.15, -0.1) is 0 Å². The van der Waals surface area contributed by atoms with Gasteiger partial charge in [0.15, 0.2) is 0 Å². The van der Waals surface area contributed by atoms with Crippen molar-refractivity contribution in [1.82, 2.24) is 9.80 Å². The van der Waals surface area contributed by atoms with E-state index in [1.807, 2.05) is 0 Å². The number of hydrogen-bond acceptors (Lipinski definition) is 3. The Balaban J connectivity index is 2.35. The molecule has 0 saturated carbocycles. The molecule has 18 heavy (non-hydrogen) atoms. The average molecular weight is 250 g/mol. The van der Waals surface area contributed by atoms with Crippen LogP contribution in [0.25, 0.3) is 0 Å². The van der Waals surface area contributed by atoms with Gasteiger partial charge in [-0.05, 0) is 12.1 Å². The van der Waals surface area contributed by atoms with Gasteiger partial charge in [-0.25, -0.2) is 4.79 Å². The number of carbonyl (C=O) groups excluding carboxylic acids is 1. The fraction of sp³-hybridized carbons (Fsp3) is 0.500. The molecule has 1 amide bonds. The summed E-state index contributed by atoms with van der Waals surface area (Å²) in [6.07, 6.45) is 4.87. The van der Waals surface area contributed by atoms with Gasteiger partial charge in [0.1, 0.15) is 6.61 Å². The van der Waals surface area contributed by atoms with Crippen LogP contribution in [0.15, 0.2) is 37.0 Å². The number of ether oxygens (including phenoxy) is 1. The van der Waals surface area contributed by atoms with Gasteiger partial charge in [-0.2, -0.15) is 0 Å². The van der Waals surface area contributed by atoms with Crippen molar-refractivity contribution in [2.24, 2.45) is 0 Å². The first kappa shape index (κ1) is 14.5. The fourth-order valence-corrected chi connectivity index (χ4v) is 1.81. The van der Waals surface area contributed by atoms with Crippen LogP contribution >= 0.6 is 0 Å². The van der Waals surface area contributed by atoms with Crippen molar-refractivity contribution in [2.45, 2.75) is 6.92 Å². The third kappa shape index (κ3) is 4.37.